The Labute approximate surface area is 221 Å². The molecular formula is C28H35F3N4O3. The maximum atomic E-state index is 13.0. The second kappa shape index (κ2) is 10.5. The molecule has 0 radical (unpaired) electrons. The van der Waals surface area contributed by atoms with Crippen LogP contribution in [-0.4, -0.2) is 41.9 Å². The van der Waals surface area contributed by atoms with E-state index in [1.807, 2.05) is 39.0 Å². The fourth-order valence-electron chi connectivity index (χ4n) is 5.43. The molecule has 4 rings (SSSR count). The van der Waals surface area contributed by atoms with Crippen LogP contribution in [0.5, 0.6) is 0 Å². The van der Waals surface area contributed by atoms with E-state index in [2.05, 4.69) is 21.7 Å². The van der Waals surface area contributed by atoms with Gasteiger partial charge < -0.3 is 15.4 Å². The van der Waals surface area contributed by atoms with Gasteiger partial charge in [-0.1, -0.05) is 18.2 Å². The molecule has 0 atom stereocenters. The zero-order chi connectivity index (χ0) is 27.7. The quantitative estimate of drug-likeness (QED) is 0.455. The largest absolute Gasteiger partial charge is 0.443 e. The summed E-state index contributed by atoms with van der Waals surface area (Å²) in [5, 5.41) is 5.62. The van der Waals surface area contributed by atoms with Crippen LogP contribution in [0.25, 0.3) is 0 Å². The number of para-hydroxylation sites is 1. The summed E-state index contributed by atoms with van der Waals surface area (Å²) in [5.41, 5.74) is 2.26. The molecule has 0 saturated heterocycles. The molecule has 1 spiro atoms. The number of aryl methyl sites for hydroxylation is 1. The maximum absolute atomic E-state index is 13.0. The van der Waals surface area contributed by atoms with Crippen molar-refractivity contribution in [3.05, 3.63) is 47.7 Å². The molecule has 206 valence electrons. The lowest BCUT2D eigenvalue weighted by atomic mass is 9.67. The Balaban J connectivity index is 1.40. The number of rotatable bonds is 5. The van der Waals surface area contributed by atoms with Gasteiger partial charge in [-0.2, -0.15) is 13.2 Å². The van der Waals surface area contributed by atoms with Gasteiger partial charge in [0.15, 0.2) is 0 Å². The first-order chi connectivity index (χ1) is 17.8. The highest BCUT2D eigenvalue weighted by Crippen LogP contribution is 2.50. The second-order valence-corrected chi connectivity index (χ2v) is 11.4. The molecule has 1 saturated carbocycles. The Kier molecular flexibility index (Phi) is 7.63. The average molecular weight is 533 g/mol. The first-order valence-corrected chi connectivity index (χ1v) is 12.9. The zero-order valence-electron chi connectivity index (χ0n) is 22.2. The van der Waals surface area contributed by atoms with Gasteiger partial charge in [0.25, 0.3) is 0 Å². The van der Waals surface area contributed by atoms with E-state index in [-0.39, 0.29) is 17.2 Å². The molecule has 7 nitrogen and oxygen atoms in total. The number of hydrogen-bond acceptors (Lipinski definition) is 5. The molecule has 1 fully saturated rings. The van der Waals surface area contributed by atoms with Crippen molar-refractivity contribution in [1.29, 1.82) is 0 Å². The molecule has 38 heavy (non-hydrogen) atoms. The SMILES string of the molecule is Cc1ccnc(NCC2CCC3(CC2)CN(C(=O)OC(C)(C)C)c2ccccc23)c1NC(=O)CC(F)(F)F. The van der Waals surface area contributed by atoms with Crippen LogP contribution < -0.4 is 15.5 Å². The van der Waals surface area contributed by atoms with Gasteiger partial charge in [-0.3, -0.25) is 9.69 Å². The second-order valence-electron chi connectivity index (χ2n) is 11.4. The van der Waals surface area contributed by atoms with Gasteiger partial charge in [-0.25, -0.2) is 9.78 Å². The standard InChI is InChI=1S/C28H35F3N4O3/c1-18-11-14-32-24(23(18)34-22(36)15-28(29,30)31)33-16-19-9-12-27(13-10-19)17-35(25(37)38-26(2,3)4)21-8-6-5-7-20(21)27/h5-8,11,14,19H,9-10,12-13,15-17H2,1-4H3,(H,32,33)(H,34,36). The molecule has 0 unspecified atom stereocenters. The number of carbonyl (C=O) groups is 2. The number of aromatic nitrogens is 1. The summed E-state index contributed by atoms with van der Waals surface area (Å²) in [4.78, 5) is 30.9. The van der Waals surface area contributed by atoms with E-state index in [9.17, 15) is 22.8 Å². The molecule has 2 amide bonds. The number of alkyl halides is 3. The Bertz CT molecular complexity index is 1180. The van der Waals surface area contributed by atoms with Crippen LogP contribution >= 0.6 is 0 Å². The first-order valence-electron chi connectivity index (χ1n) is 12.9. The number of amides is 2. The van der Waals surface area contributed by atoms with Crippen molar-refractivity contribution in [3.8, 4) is 0 Å². The van der Waals surface area contributed by atoms with Crippen LogP contribution in [0, 0.1) is 12.8 Å². The summed E-state index contributed by atoms with van der Waals surface area (Å²) in [6.07, 6.45) is -1.30. The summed E-state index contributed by atoms with van der Waals surface area (Å²) in [6, 6.07) is 9.66. The van der Waals surface area contributed by atoms with E-state index < -0.39 is 24.1 Å². The molecule has 2 aliphatic rings. The molecule has 2 heterocycles. The Morgan fingerprint density at radius 2 is 1.82 bits per heavy atom. The molecule has 2 N–H and O–H groups in total. The van der Waals surface area contributed by atoms with E-state index in [4.69, 9.17) is 4.74 Å². The van der Waals surface area contributed by atoms with Crippen LogP contribution in [0.15, 0.2) is 36.5 Å². The van der Waals surface area contributed by atoms with Crippen molar-refractivity contribution in [3.63, 3.8) is 0 Å². The summed E-state index contributed by atoms with van der Waals surface area (Å²) in [7, 11) is 0. The minimum Gasteiger partial charge on any atom is -0.443 e. The number of fused-ring (bicyclic) bond motifs is 2. The predicted molar refractivity (Wildman–Crippen MR) is 140 cm³/mol. The molecule has 0 bridgehead atoms. The van der Waals surface area contributed by atoms with Crippen LogP contribution in [-0.2, 0) is 14.9 Å². The van der Waals surface area contributed by atoms with Crippen molar-refractivity contribution in [1.82, 2.24) is 4.98 Å². The lowest BCUT2D eigenvalue weighted by Crippen LogP contribution is -2.42. The third kappa shape index (κ3) is 6.39. The normalized spacial score (nSPS) is 21.2. The van der Waals surface area contributed by atoms with Crippen molar-refractivity contribution < 1.29 is 27.5 Å². The highest BCUT2D eigenvalue weighted by atomic mass is 19.4. The predicted octanol–water partition coefficient (Wildman–Crippen LogP) is 6.58. The van der Waals surface area contributed by atoms with Gasteiger partial charge in [0.05, 0.1) is 11.4 Å². The molecule has 1 aromatic heterocycles. The van der Waals surface area contributed by atoms with E-state index in [0.717, 1.165) is 31.4 Å². The molecule has 1 aromatic carbocycles. The number of nitrogens with one attached hydrogen (secondary N) is 2. The highest BCUT2D eigenvalue weighted by Gasteiger charge is 2.47. The van der Waals surface area contributed by atoms with E-state index >= 15 is 0 Å². The van der Waals surface area contributed by atoms with Gasteiger partial charge in [0.2, 0.25) is 5.91 Å². The zero-order valence-corrected chi connectivity index (χ0v) is 22.2. The fourth-order valence-corrected chi connectivity index (χ4v) is 5.43. The average Bonchev–Trinajstić information content (AvgIpc) is 3.13. The monoisotopic (exact) mass is 532 g/mol. The van der Waals surface area contributed by atoms with Crippen LogP contribution in [0.3, 0.4) is 0 Å². The van der Waals surface area contributed by atoms with Crippen molar-refractivity contribution in [2.45, 2.75) is 77.0 Å². The van der Waals surface area contributed by atoms with Crippen molar-refractivity contribution in [2.24, 2.45) is 5.92 Å². The Morgan fingerprint density at radius 1 is 1.13 bits per heavy atom. The summed E-state index contributed by atoms with van der Waals surface area (Å²) >= 11 is 0. The smallest absolute Gasteiger partial charge is 0.414 e. The molecule has 2 aromatic rings. The van der Waals surface area contributed by atoms with Crippen LogP contribution in [0.2, 0.25) is 0 Å². The molecule has 1 aliphatic carbocycles. The van der Waals surface area contributed by atoms with E-state index in [0.29, 0.717) is 30.4 Å². The number of ether oxygens (including phenoxy) is 1. The lowest BCUT2D eigenvalue weighted by molar-refractivity contribution is -0.150. The van der Waals surface area contributed by atoms with Crippen LogP contribution in [0.4, 0.5) is 35.2 Å². The highest BCUT2D eigenvalue weighted by molar-refractivity contribution is 5.95. The Morgan fingerprint density at radius 3 is 2.47 bits per heavy atom. The number of hydrogen-bond donors (Lipinski definition) is 2. The molecular weight excluding hydrogens is 497 g/mol. The minimum atomic E-state index is -4.58. The van der Waals surface area contributed by atoms with Gasteiger partial charge in [0.1, 0.15) is 17.8 Å². The van der Waals surface area contributed by atoms with Crippen molar-refractivity contribution in [2.75, 3.05) is 28.6 Å². The fraction of sp³-hybridized carbons (Fsp3) is 0.536. The summed E-state index contributed by atoms with van der Waals surface area (Å²) in [6.45, 7) is 8.45. The number of carbonyl (C=O) groups excluding carboxylic acids is 2. The number of benzene rings is 1. The maximum Gasteiger partial charge on any atom is 0.414 e. The van der Waals surface area contributed by atoms with E-state index in [1.165, 1.54) is 5.56 Å². The summed E-state index contributed by atoms with van der Waals surface area (Å²) < 4.78 is 43.6. The number of halogens is 3. The third-order valence-corrected chi connectivity index (χ3v) is 7.25. The Hall–Kier alpha value is -3.30. The van der Waals surface area contributed by atoms with Crippen molar-refractivity contribution >= 4 is 29.2 Å². The van der Waals surface area contributed by atoms with Gasteiger partial charge in [-0.15, -0.1) is 0 Å². The molecule has 10 heteroatoms. The van der Waals surface area contributed by atoms with Gasteiger partial charge in [-0.05, 0) is 82.6 Å². The minimum absolute atomic E-state index is 0.137. The van der Waals surface area contributed by atoms with Crippen LogP contribution in [0.1, 0.15) is 64.0 Å². The first kappa shape index (κ1) is 27.7. The van der Waals surface area contributed by atoms with Gasteiger partial charge >= 0.3 is 12.3 Å². The number of pyridine rings is 1. The van der Waals surface area contributed by atoms with Gasteiger partial charge in [0, 0.05) is 24.7 Å². The third-order valence-electron chi connectivity index (χ3n) is 7.25. The topological polar surface area (TPSA) is 83.6 Å². The number of nitrogens with zero attached hydrogens (tertiary/aromatic N) is 2. The molecule has 1 aliphatic heterocycles. The number of anilines is 3. The lowest BCUT2D eigenvalue weighted by Gasteiger charge is -2.38. The summed E-state index contributed by atoms with van der Waals surface area (Å²) in [5.74, 6) is -0.446. The van der Waals surface area contributed by atoms with E-state index in [1.54, 1.807) is 24.1 Å².